The Bertz CT molecular complexity index is 1170. The van der Waals surface area contributed by atoms with Crippen molar-refractivity contribution in [1.29, 1.82) is 0 Å². The number of carbonyl (C=O) groups excluding carboxylic acids is 2. The Labute approximate surface area is 179 Å². The van der Waals surface area contributed by atoms with Crippen LogP contribution in [0.5, 0.6) is 17.2 Å². The fourth-order valence-electron chi connectivity index (χ4n) is 3.12. The maximum Gasteiger partial charge on any atom is 0.331 e. The van der Waals surface area contributed by atoms with Gasteiger partial charge in [-0.25, -0.2) is 4.79 Å². The van der Waals surface area contributed by atoms with E-state index in [0.29, 0.717) is 17.2 Å². The molecule has 7 nitrogen and oxygen atoms in total. The SMILES string of the molecule is COc1ccc2cc(/C=C/C(=O)OC(C)C(=O)Nc3ccc4c(c3)OCO4)ccc2c1. The van der Waals surface area contributed by atoms with E-state index in [1.165, 1.54) is 13.0 Å². The number of hydrogen-bond donors (Lipinski definition) is 1. The number of hydrogen-bond acceptors (Lipinski definition) is 6. The molecule has 0 aliphatic carbocycles. The third-order valence-electron chi connectivity index (χ3n) is 4.79. The number of ether oxygens (including phenoxy) is 4. The first-order valence-electron chi connectivity index (χ1n) is 9.69. The Morgan fingerprint density at radius 3 is 2.61 bits per heavy atom. The number of methoxy groups -OCH3 is 1. The van der Waals surface area contributed by atoms with Crippen molar-refractivity contribution in [2.24, 2.45) is 0 Å². The van der Waals surface area contributed by atoms with Gasteiger partial charge in [0.1, 0.15) is 5.75 Å². The second-order valence-electron chi connectivity index (χ2n) is 6.94. The molecule has 0 saturated carbocycles. The first-order chi connectivity index (χ1) is 15.0. The fraction of sp³-hybridized carbons (Fsp3) is 0.167. The summed E-state index contributed by atoms with van der Waals surface area (Å²) in [5.74, 6) is 0.908. The summed E-state index contributed by atoms with van der Waals surface area (Å²) in [5, 5.41) is 4.75. The first-order valence-corrected chi connectivity index (χ1v) is 9.69. The van der Waals surface area contributed by atoms with Gasteiger partial charge in [0.15, 0.2) is 17.6 Å². The zero-order valence-corrected chi connectivity index (χ0v) is 17.1. The number of fused-ring (bicyclic) bond motifs is 2. The van der Waals surface area contributed by atoms with Crippen LogP contribution in [0.25, 0.3) is 16.8 Å². The zero-order valence-electron chi connectivity index (χ0n) is 17.1. The standard InChI is InChI=1S/C24H21NO6/c1-15(24(27)25-19-7-9-21-22(13-19)30-14-29-21)31-23(26)10-4-16-3-5-18-12-20(28-2)8-6-17(18)11-16/h3-13,15H,14H2,1-2H3,(H,25,27)/b10-4+. The highest BCUT2D eigenvalue weighted by atomic mass is 16.7. The zero-order chi connectivity index (χ0) is 21.8. The third kappa shape index (κ3) is 4.78. The molecule has 1 aliphatic heterocycles. The van der Waals surface area contributed by atoms with E-state index in [-0.39, 0.29) is 6.79 Å². The number of esters is 1. The average molecular weight is 419 g/mol. The molecule has 0 radical (unpaired) electrons. The second-order valence-corrected chi connectivity index (χ2v) is 6.94. The van der Waals surface area contributed by atoms with Crippen molar-refractivity contribution < 1.29 is 28.5 Å². The number of nitrogens with one attached hydrogen (secondary N) is 1. The Morgan fingerprint density at radius 1 is 1.00 bits per heavy atom. The molecule has 4 rings (SSSR count). The molecule has 0 saturated heterocycles. The van der Waals surface area contributed by atoms with Crippen molar-refractivity contribution in [2.45, 2.75) is 13.0 Å². The van der Waals surface area contributed by atoms with E-state index in [2.05, 4.69) is 5.32 Å². The van der Waals surface area contributed by atoms with Crippen LogP contribution >= 0.6 is 0 Å². The van der Waals surface area contributed by atoms with E-state index in [1.54, 1.807) is 31.4 Å². The van der Waals surface area contributed by atoms with E-state index in [9.17, 15) is 9.59 Å². The highest BCUT2D eigenvalue weighted by molar-refractivity contribution is 5.97. The van der Waals surface area contributed by atoms with Gasteiger partial charge in [-0.1, -0.05) is 18.2 Å². The van der Waals surface area contributed by atoms with Crippen molar-refractivity contribution in [1.82, 2.24) is 0 Å². The smallest absolute Gasteiger partial charge is 0.331 e. The van der Waals surface area contributed by atoms with E-state index in [1.807, 2.05) is 36.4 Å². The predicted molar refractivity (Wildman–Crippen MR) is 116 cm³/mol. The number of amides is 1. The minimum atomic E-state index is -0.966. The van der Waals surface area contributed by atoms with Crippen LogP contribution in [0.1, 0.15) is 12.5 Å². The average Bonchev–Trinajstić information content (AvgIpc) is 3.25. The van der Waals surface area contributed by atoms with E-state index >= 15 is 0 Å². The van der Waals surface area contributed by atoms with Crippen LogP contribution in [0.2, 0.25) is 0 Å². The molecule has 3 aromatic carbocycles. The Hall–Kier alpha value is -4.00. The van der Waals surface area contributed by atoms with E-state index in [4.69, 9.17) is 18.9 Å². The lowest BCUT2D eigenvalue weighted by Gasteiger charge is -2.12. The summed E-state index contributed by atoms with van der Waals surface area (Å²) in [6.45, 7) is 1.66. The maximum atomic E-state index is 12.3. The molecule has 0 aromatic heterocycles. The fourth-order valence-corrected chi connectivity index (χ4v) is 3.12. The van der Waals surface area contributed by atoms with Crippen LogP contribution in [0.3, 0.4) is 0 Å². The molecule has 1 aliphatic rings. The highest BCUT2D eigenvalue weighted by Crippen LogP contribution is 2.34. The summed E-state index contributed by atoms with van der Waals surface area (Å²) in [6, 6.07) is 16.6. The number of anilines is 1. The number of benzene rings is 3. The molecular weight excluding hydrogens is 398 g/mol. The molecule has 1 unspecified atom stereocenters. The van der Waals surface area contributed by atoms with Gasteiger partial charge in [0.05, 0.1) is 7.11 Å². The van der Waals surface area contributed by atoms with Gasteiger partial charge < -0.3 is 24.3 Å². The van der Waals surface area contributed by atoms with Crippen LogP contribution in [0, 0.1) is 0 Å². The lowest BCUT2D eigenvalue weighted by Crippen LogP contribution is -2.29. The van der Waals surface area contributed by atoms with Gasteiger partial charge in [0, 0.05) is 17.8 Å². The monoisotopic (exact) mass is 419 g/mol. The molecule has 1 atom stereocenters. The molecule has 31 heavy (non-hydrogen) atoms. The topological polar surface area (TPSA) is 83.1 Å². The minimum Gasteiger partial charge on any atom is -0.497 e. The molecule has 3 aromatic rings. The summed E-state index contributed by atoms with van der Waals surface area (Å²) in [7, 11) is 1.63. The molecular formula is C24H21NO6. The van der Waals surface area contributed by atoms with Crippen LogP contribution < -0.4 is 19.5 Å². The van der Waals surface area contributed by atoms with Gasteiger partial charge in [0.25, 0.3) is 5.91 Å². The molecule has 7 heteroatoms. The summed E-state index contributed by atoms with van der Waals surface area (Å²) in [5.41, 5.74) is 1.37. The first kappa shape index (κ1) is 20.3. The van der Waals surface area contributed by atoms with Crippen LogP contribution in [-0.4, -0.2) is 31.9 Å². The van der Waals surface area contributed by atoms with Gasteiger partial charge in [0.2, 0.25) is 6.79 Å². The summed E-state index contributed by atoms with van der Waals surface area (Å²) in [4.78, 5) is 24.5. The highest BCUT2D eigenvalue weighted by Gasteiger charge is 2.19. The van der Waals surface area contributed by atoms with Crippen LogP contribution in [-0.2, 0) is 14.3 Å². The van der Waals surface area contributed by atoms with Crippen molar-refractivity contribution in [3.63, 3.8) is 0 Å². The normalized spacial score (nSPS) is 13.2. The van der Waals surface area contributed by atoms with Crippen LogP contribution in [0.15, 0.2) is 60.7 Å². The molecule has 1 N–H and O–H groups in total. The molecule has 0 fully saturated rings. The number of carbonyl (C=O) groups is 2. The molecule has 0 spiro atoms. The van der Waals surface area contributed by atoms with Crippen molar-refractivity contribution >= 4 is 34.4 Å². The van der Waals surface area contributed by atoms with E-state index in [0.717, 1.165) is 22.1 Å². The lowest BCUT2D eigenvalue weighted by atomic mass is 10.1. The van der Waals surface area contributed by atoms with Crippen molar-refractivity contribution in [3.05, 3.63) is 66.2 Å². The largest absolute Gasteiger partial charge is 0.497 e. The summed E-state index contributed by atoms with van der Waals surface area (Å²) >= 11 is 0. The van der Waals surface area contributed by atoms with Crippen molar-refractivity contribution in [2.75, 3.05) is 19.2 Å². The Balaban J connectivity index is 1.34. The third-order valence-corrected chi connectivity index (χ3v) is 4.79. The summed E-state index contributed by atoms with van der Waals surface area (Å²) < 4.78 is 21.0. The molecule has 158 valence electrons. The quantitative estimate of drug-likeness (QED) is 0.477. The van der Waals surface area contributed by atoms with Gasteiger partial charge in [-0.2, -0.15) is 0 Å². The van der Waals surface area contributed by atoms with Gasteiger partial charge in [-0.3, -0.25) is 4.79 Å². The Morgan fingerprint density at radius 2 is 1.77 bits per heavy atom. The predicted octanol–water partition coefficient (Wildman–Crippen LogP) is 4.16. The van der Waals surface area contributed by atoms with Crippen LogP contribution in [0.4, 0.5) is 5.69 Å². The summed E-state index contributed by atoms with van der Waals surface area (Å²) in [6.07, 6.45) is 1.98. The molecule has 1 amide bonds. The van der Waals surface area contributed by atoms with Crippen molar-refractivity contribution in [3.8, 4) is 17.2 Å². The maximum absolute atomic E-state index is 12.3. The van der Waals surface area contributed by atoms with Gasteiger partial charge in [-0.15, -0.1) is 0 Å². The molecule has 1 heterocycles. The number of rotatable bonds is 6. The lowest BCUT2D eigenvalue weighted by molar-refractivity contribution is -0.148. The second kappa shape index (κ2) is 8.79. The van der Waals surface area contributed by atoms with Gasteiger partial charge in [-0.05, 0) is 59.7 Å². The van der Waals surface area contributed by atoms with E-state index < -0.39 is 18.0 Å². The minimum absolute atomic E-state index is 0.151. The van der Waals surface area contributed by atoms with Gasteiger partial charge >= 0.3 is 5.97 Å². The Kier molecular flexibility index (Phi) is 5.75. The molecule has 0 bridgehead atoms.